The van der Waals surface area contributed by atoms with E-state index in [0.29, 0.717) is 49.4 Å². The number of hydrogen-bond acceptors (Lipinski definition) is 5. The Kier molecular flexibility index (Phi) is 8.92. The number of aryl methyl sites for hydroxylation is 1. The zero-order chi connectivity index (χ0) is 26.0. The zero-order valence-corrected chi connectivity index (χ0v) is 21.0. The van der Waals surface area contributed by atoms with Crippen molar-refractivity contribution in [3.05, 3.63) is 95.6 Å². The van der Waals surface area contributed by atoms with Crippen LogP contribution in [-0.4, -0.2) is 37.2 Å². The molecule has 0 saturated heterocycles. The summed E-state index contributed by atoms with van der Waals surface area (Å²) in [6.45, 7) is 2.11. The van der Waals surface area contributed by atoms with E-state index in [1.54, 1.807) is 35.2 Å². The van der Waals surface area contributed by atoms with Crippen molar-refractivity contribution < 1.29 is 23.9 Å². The molecule has 4 rings (SSSR count). The highest BCUT2D eigenvalue weighted by Gasteiger charge is 2.31. The Morgan fingerprint density at radius 1 is 0.892 bits per heavy atom. The molecule has 2 amide bonds. The van der Waals surface area contributed by atoms with Crippen molar-refractivity contribution in [3.8, 4) is 5.75 Å². The number of esters is 1. The van der Waals surface area contributed by atoms with Gasteiger partial charge in [0, 0.05) is 18.2 Å². The van der Waals surface area contributed by atoms with Gasteiger partial charge in [-0.25, -0.2) is 0 Å². The predicted molar refractivity (Wildman–Crippen MR) is 142 cm³/mol. The highest BCUT2D eigenvalue weighted by atomic mass is 16.5. The standard InChI is InChI=1S/C30H32N2O5/c1-22(33)36-20-9-10-21-37-27-18-8-6-16-25(27)29(34)31-28-19-11-15-23-12-5-7-17-26(23)32(28)30(35)24-13-3-2-4-14-24/h2-8,12-14,16-18,28H,9-11,15,19-21H2,1H3,(H,31,34). The molecule has 3 aromatic rings. The van der Waals surface area contributed by atoms with Crippen molar-refractivity contribution >= 4 is 23.5 Å². The molecule has 3 aromatic carbocycles. The van der Waals surface area contributed by atoms with E-state index in [1.165, 1.54) is 6.92 Å². The number of nitrogens with one attached hydrogen (secondary N) is 1. The number of hydrogen-bond donors (Lipinski definition) is 1. The van der Waals surface area contributed by atoms with Crippen LogP contribution in [-0.2, 0) is 16.0 Å². The van der Waals surface area contributed by atoms with E-state index in [0.717, 1.165) is 24.1 Å². The molecule has 1 unspecified atom stereocenters. The summed E-state index contributed by atoms with van der Waals surface area (Å²) in [4.78, 5) is 39.8. The Morgan fingerprint density at radius 2 is 1.59 bits per heavy atom. The SMILES string of the molecule is CC(=O)OCCCCOc1ccccc1C(=O)NC1CCCc2ccccc2N1C(=O)c1ccccc1. The molecule has 7 nitrogen and oxygen atoms in total. The van der Waals surface area contributed by atoms with Crippen LogP contribution in [0.25, 0.3) is 0 Å². The van der Waals surface area contributed by atoms with Crippen LogP contribution >= 0.6 is 0 Å². The third-order valence-corrected chi connectivity index (χ3v) is 6.26. The third-order valence-electron chi connectivity index (χ3n) is 6.26. The molecule has 1 N–H and O–H groups in total. The minimum absolute atomic E-state index is 0.155. The molecule has 1 atom stereocenters. The largest absolute Gasteiger partial charge is 0.493 e. The van der Waals surface area contributed by atoms with Crippen LogP contribution in [0.5, 0.6) is 5.75 Å². The van der Waals surface area contributed by atoms with Gasteiger partial charge in [-0.3, -0.25) is 19.3 Å². The number of rotatable bonds is 9. The minimum atomic E-state index is -0.513. The quantitative estimate of drug-likeness (QED) is 0.325. The summed E-state index contributed by atoms with van der Waals surface area (Å²) in [5.74, 6) is -0.283. The fraction of sp³-hybridized carbons (Fsp3) is 0.300. The van der Waals surface area contributed by atoms with Gasteiger partial charge in [0.1, 0.15) is 11.9 Å². The topological polar surface area (TPSA) is 84.9 Å². The Labute approximate surface area is 217 Å². The van der Waals surface area contributed by atoms with E-state index in [1.807, 2.05) is 48.5 Å². The lowest BCUT2D eigenvalue weighted by molar-refractivity contribution is -0.141. The highest BCUT2D eigenvalue weighted by Crippen LogP contribution is 2.31. The van der Waals surface area contributed by atoms with Gasteiger partial charge in [0.05, 0.1) is 18.8 Å². The number of nitrogens with zero attached hydrogens (tertiary/aromatic N) is 1. The first-order valence-electron chi connectivity index (χ1n) is 12.7. The second-order valence-electron chi connectivity index (χ2n) is 8.94. The minimum Gasteiger partial charge on any atom is -0.493 e. The molecule has 0 saturated carbocycles. The first-order valence-corrected chi connectivity index (χ1v) is 12.7. The molecule has 1 heterocycles. The van der Waals surface area contributed by atoms with Gasteiger partial charge in [-0.15, -0.1) is 0 Å². The molecule has 192 valence electrons. The van der Waals surface area contributed by atoms with Gasteiger partial charge in [-0.2, -0.15) is 0 Å². The Morgan fingerprint density at radius 3 is 2.41 bits per heavy atom. The fourth-order valence-corrected chi connectivity index (χ4v) is 4.46. The lowest BCUT2D eigenvalue weighted by Crippen LogP contribution is -2.51. The number of unbranched alkanes of at least 4 members (excludes halogenated alkanes) is 1. The van der Waals surface area contributed by atoms with Crippen LogP contribution < -0.4 is 15.0 Å². The molecule has 0 spiro atoms. The average Bonchev–Trinajstić information content (AvgIpc) is 3.09. The van der Waals surface area contributed by atoms with Gasteiger partial charge in [0.25, 0.3) is 11.8 Å². The van der Waals surface area contributed by atoms with Crippen molar-refractivity contribution in [2.45, 2.75) is 45.2 Å². The van der Waals surface area contributed by atoms with Gasteiger partial charge < -0.3 is 14.8 Å². The summed E-state index contributed by atoms with van der Waals surface area (Å²) in [6, 6.07) is 24.1. The van der Waals surface area contributed by atoms with Crippen LogP contribution in [0.3, 0.4) is 0 Å². The number of amides is 2. The lowest BCUT2D eigenvalue weighted by atomic mass is 10.1. The Balaban J connectivity index is 1.52. The molecule has 37 heavy (non-hydrogen) atoms. The molecule has 0 aliphatic carbocycles. The van der Waals surface area contributed by atoms with E-state index in [-0.39, 0.29) is 17.8 Å². The molecule has 1 aliphatic heterocycles. The number of benzene rings is 3. The fourth-order valence-electron chi connectivity index (χ4n) is 4.46. The van der Waals surface area contributed by atoms with E-state index in [9.17, 15) is 14.4 Å². The molecule has 7 heteroatoms. The van der Waals surface area contributed by atoms with Gasteiger partial charge >= 0.3 is 5.97 Å². The van der Waals surface area contributed by atoms with Crippen LogP contribution in [0.2, 0.25) is 0 Å². The summed E-state index contributed by atoms with van der Waals surface area (Å²) in [5.41, 5.74) is 2.88. The number of carbonyl (C=O) groups excluding carboxylic acids is 3. The van der Waals surface area contributed by atoms with Gasteiger partial charge in [-0.05, 0) is 68.0 Å². The van der Waals surface area contributed by atoms with Crippen LogP contribution in [0.4, 0.5) is 5.69 Å². The Hall–Kier alpha value is -4.13. The summed E-state index contributed by atoms with van der Waals surface area (Å²) >= 11 is 0. The number of carbonyl (C=O) groups is 3. The van der Waals surface area contributed by atoms with E-state index in [2.05, 4.69) is 5.32 Å². The maximum atomic E-state index is 13.7. The first-order chi connectivity index (χ1) is 18.0. The monoisotopic (exact) mass is 500 g/mol. The number of fused-ring (bicyclic) bond motifs is 1. The maximum Gasteiger partial charge on any atom is 0.302 e. The molecule has 0 radical (unpaired) electrons. The van der Waals surface area contributed by atoms with Crippen LogP contribution in [0, 0.1) is 0 Å². The number of ether oxygens (including phenoxy) is 2. The van der Waals surface area contributed by atoms with Crippen LogP contribution in [0.1, 0.15) is 58.9 Å². The summed E-state index contributed by atoms with van der Waals surface area (Å²) < 4.78 is 10.8. The predicted octanol–water partition coefficient (Wildman–Crippen LogP) is 5.15. The summed E-state index contributed by atoms with van der Waals surface area (Å²) in [7, 11) is 0. The van der Waals surface area contributed by atoms with Gasteiger partial charge in [0.15, 0.2) is 0 Å². The Bertz CT molecular complexity index is 1230. The van der Waals surface area contributed by atoms with Gasteiger partial charge in [-0.1, -0.05) is 48.5 Å². The van der Waals surface area contributed by atoms with Crippen molar-refractivity contribution in [1.29, 1.82) is 0 Å². The van der Waals surface area contributed by atoms with E-state index >= 15 is 0 Å². The van der Waals surface area contributed by atoms with Gasteiger partial charge in [0.2, 0.25) is 0 Å². The zero-order valence-electron chi connectivity index (χ0n) is 21.0. The number of para-hydroxylation sites is 2. The van der Waals surface area contributed by atoms with Crippen LogP contribution in [0.15, 0.2) is 78.9 Å². The maximum absolute atomic E-state index is 13.7. The first kappa shape index (κ1) is 25.9. The average molecular weight is 501 g/mol. The van der Waals surface area contributed by atoms with Crippen molar-refractivity contribution in [2.75, 3.05) is 18.1 Å². The third kappa shape index (κ3) is 6.76. The molecule has 1 aliphatic rings. The molecular formula is C30H32N2O5. The molecule has 0 aromatic heterocycles. The smallest absolute Gasteiger partial charge is 0.302 e. The van der Waals surface area contributed by atoms with Crippen molar-refractivity contribution in [3.63, 3.8) is 0 Å². The second-order valence-corrected chi connectivity index (χ2v) is 8.94. The normalized spacial score (nSPS) is 14.7. The molecule has 0 fully saturated rings. The molecule has 0 bridgehead atoms. The van der Waals surface area contributed by atoms with E-state index < -0.39 is 6.17 Å². The van der Waals surface area contributed by atoms with E-state index in [4.69, 9.17) is 9.47 Å². The number of anilines is 1. The second kappa shape index (κ2) is 12.7. The summed E-state index contributed by atoms with van der Waals surface area (Å²) in [6.07, 6.45) is 3.13. The van der Waals surface area contributed by atoms with Crippen molar-refractivity contribution in [1.82, 2.24) is 5.32 Å². The molecular weight excluding hydrogens is 468 g/mol. The van der Waals surface area contributed by atoms with Crippen molar-refractivity contribution in [2.24, 2.45) is 0 Å². The lowest BCUT2D eigenvalue weighted by Gasteiger charge is -2.32. The highest BCUT2D eigenvalue weighted by molar-refractivity contribution is 6.07. The summed E-state index contributed by atoms with van der Waals surface area (Å²) in [5, 5.41) is 3.11.